The number of rotatable bonds is 9. The van der Waals surface area contributed by atoms with Crippen molar-refractivity contribution in [2.24, 2.45) is 0 Å². The SMILES string of the molecule is CC[C@H](C(=O)NC)N(Cc1ccc(Cl)cc1)C(=O)CN(c1ccc(C)c(C)c1)S(C)(=O)=O. The molecule has 174 valence electrons. The number of likely N-dealkylation sites (N-methyl/N-ethyl adjacent to an activating group) is 1. The lowest BCUT2D eigenvalue weighted by Gasteiger charge is -2.32. The number of anilines is 1. The lowest BCUT2D eigenvalue weighted by atomic mass is 10.1. The molecule has 0 saturated carbocycles. The van der Waals surface area contributed by atoms with Crippen molar-refractivity contribution in [1.82, 2.24) is 10.2 Å². The standard InChI is InChI=1S/C23H30ClN3O4S/c1-6-21(23(29)25-4)26(14-18-8-10-19(24)11-9-18)22(28)15-27(32(5,30)31)20-12-7-16(2)17(3)13-20/h7-13,21H,6,14-15H2,1-5H3,(H,25,29)/t21-/m1/s1. The summed E-state index contributed by atoms with van der Waals surface area (Å²) in [5.74, 6) is -0.786. The number of aryl methyl sites for hydroxylation is 2. The van der Waals surface area contributed by atoms with Gasteiger partial charge in [-0.15, -0.1) is 0 Å². The number of carbonyl (C=O) groups excluding carboxylic acids is 2. The van der Waals surface area contributed by atoms with Crippen LogP contribution in [0.25, 0.3) is 0 Å². The first-order valence-electron chi connectivity index (χ1n) is 10.3. The summed E-state index contributed by atoms with van der Waals surface area (Å²) in [6, 6.07) is 11.5. The smallest absolute Gasteiger partial charge is 0.244 e. The van der Waals surface area contributed by atoms with E-state index < -0.39 is 28.5 Å². The minimum absolute atomic E-state index is 0.145. The highest BCUT2D eigenvalue weighted by Crippen LogP contribution is 2.22. The first-order valence-corrected chi connectivity index (χ1v) is 12.5. The van der Waals surface area contributed by atoms with E-state index in [1.54, 1.807) is 43.3 Å². The maximum atomic E-state index is 13.4. The molecule has 1 N–H and O–H groups in total. The van der Waals surface area contributed by atoms with Crippen LogP contribution in [0.5, 0.6) is 0 Å². The largest absolute Gasteiger partial charge is 0.357 e. The number of carbonyl (C=O) groups is 2. The molecule has 2 aromatic carbocycles. The van der Waals surface area contributed by atoms with Gasteiger partial charge in [0.25, 0.3) is 0 Å². The molecule has 0 heterocycles. The van der Waals surface area contributed by atoms with Crippen LogP contribution in [-0.4, -0.2) is 51.0 Å². The Labute approximate surface area is 195 Å². The topological polar surface area (TPSA) is 86.8 Å². The molecule has 0 unspecified atom stereocenters. The van der Waals surface area contributed by atoms with Crippen molar-refractivity contribution in [3.8, 4) is 0 Å². The van der Waals surface area contributed by atoms with Crippen LogP contribution in [0, 0.1) is 13.8 Å². The number of nitrogens with one attached hydrogen (secondary N) is 1. The second kappa shape index (κ2) is 10.8. The van der Waals surface area contributed by atoms with Crippen LogP contribution in [0.2, 0.25) is 5.02 Å². The lowest BCUT2D eigenvalue weighted by molar-refractivity contribution is -0.140. The van der Waals surface area contributed by atoms with Gasteiger partial charge in [-0.1, -0.05) is 36.7 Å². The van der Waals surface area contributed by atoms with E-state index in [-0.39, 0.29) is 12.5 Å². The molecule has 9 heteroatoms. The van der Waals surface area contributed by atoms with E-state index in [0.29, 0.717) is 17.1 Å². The average molecular weight is 480 g/mol. The average Bonchev–Trinajstić information content (AvgIpc) is 2.74. The first-order chi connectivity index (χ1) is 15.0. The number of hydrogen-bond acceptors (Lipinski definition) is 4. The number of hydrogen-bond donors (Lipinski definition) is 1. The molecule has 0 bridgehead atoms. The van der Waals surface area contributed by atoms with Crippen molar-refractivity contribution in [2.75, 3.05) is 24.2 Å². The highest BCUT2D eigenvalue weighted by atomic mass is 35.5. The monoisotopic (exact) mass is 479 g/mol. The van der Waals surface area contributed by atoms with Crippen LogP contribution in [-0.2, 0) is 26.2 Å². The second-order valence-corrected chi connectivity index (χ2v) is 10.1. The molecule has 0 radical (unpaired) electrons. The normalized spacial score (nSPS) is 12.2. The highest BCUT2D eigenvalue weighted by molar-refractivity contribution is 7.92. The quantitative estimate of drug-likeness (QED) is 0.598. The zero-order chi connectivity index (χ0) is 24.1. The molecule has 32 heavy (non-hydrogen) atoms. The second-order valence-electron chi connectivity index (χ2n) is 7.72. The maximum absolute atomic E-state index is 13.4. The molecule has 1 atom stereocenters. The molecule has 2 rings (SSSR count). The van der Waals surface area contributed by atoms with Gasteiger partial charge in [0.15, 0.2) is 0 Å². The minimum atomic E-state index is -3.75. The third-order valence-corrected chi connectivity index (χ3v) is 6.75. The summed E-state index contributed by atoms with van der Waals surface area (Å²) >= 11 is 5.97. The Morgan fingerprint density at radius 1 is 1.06 bits per heavy atom. The van der Waals surface area contributed by atoms with Gasteiger partial charge in [0.05, 0.1) is 11.9 Å². The van der Waals surface area contributed by atoms with Crippen molar-refractivity contribution in [2.45, 2.75) is 39.8 Å². The van der Waals surface area contributed by atoms with Gasteiger partial charge in [0.2, 0.25) is 21.8 Å². The van der Waals surface area contributed by atoms with Crippen molar-refractivity contribution in [3.05, 3.63) is 64.2 Å². The lowest BCUT2D eigenvalue weighted by Crippen LogP contribution is -2.51. The van der Waals surface area contributed by atoms with Crippen LogP contribution < -0.4 is 9.62 Å². The summed E-state index contributed by atoms with van der Waals surface area (Å²) in [4.78, 5) is 27.4. The highest BCUT2D eigenvalue weighted by Gasteiger charge is 2.31. The summed E-state index contributed by atoms with van der Waals surface area (Å²) in [5, 5.41) is 3.15. The molecule has 0 spiro atoms. The van der Waals surface area contributed by atoms with Gasteiger partial charge in [0, 0.05) is 18.6 Å². The number of sulfonamides is 1. The molecule has 0 aliphatic carbocycles. The first kappa shape index (κ1) is 25.7. The van der Waals surface area contributed by atoms with E-state index in [0.717, 1.165) is 27.3 Å². The summed E-state index contributed by atoms with van der Waals surface area (Å²) in [6.45, 7) is 5.35. The van der Waals surface area contributed by atoms with Crippen molar-refractivity contribution in [3.63, 3.8) is 0 Å². The fourth-order valence-electron chi connectivity index (χ4n) is 3.37. The third kappa shape index (κ3) is 6.46. The molecule has 0 fully saturated rings. The van der Waals surface area contributed by atoms with Crippen molar-refractivity contribution < 1.29 is 18.0 Å². The Bertz CT molecular complexity index is 1070. The molecule has 0 aromatic heterocycles. The van der Waals surface area contributed by atoms with Crippen LogP contribution in [0.15, 0.2) is 42.5 Å². The fraction of sp³-hybridized carbons (Fsp3) is 0.391. The van der Waals surface area contributed by atoms with Crippen molar-refractivity contribution in [1.29, 1.82) is 0 Å². The Morgan fingerprint density at radius 2 is 1.69 bits per heavy atom. The van der Waals surface area contributed by atoms with Gasteiger partial charge in [0.1, 0.15) is 12.6 Å². The van der Waals surface area contributed by atoms with E-state index in [4.69, 9.17) is 11.6 Å². The predicted octanol–water partition coefficient (Wildman–Crippen LogP) is 3.28. The van der Waals surface area contributed by atoms with E-state index in [9.17, 15) is 18.0 Å². The van der Waals surface area contributed by atoms with Gasteiger partial charge in [-0.2, -0.15) is 0 Å². The molecule has 2 aromatic rings. The maximum Gasteiger partial charge on any atom is 0.244 e. The van der Waals surface area contributed by atoms with Gasteiger partial charge in [-0.05, 0) is 61.2 Å². The van der Waals surface area contributed by atoms with Crippen LogP contribution in [0.4, 0.5) is 5.69 Å². The molecule has 0 aliphatic heterocycles. The molecule has 7 nitrogen and oxygen atoms in total. The van der Waals surface area contributed by atoms with Crippen LogP contribution >= 0.6 is 11.6 Å². The molecule has 2 amide bonds. The summed E-state index contributed by atoms with van der Waals surface area (Å²) < 4.78 is 26.2. The Balaban J connectivity index is 2.43. The van der Waals surface area contributed by atoms with Crippen LogP contribution in [0.3, 0.4) is 0 Å². The fourth-order valence-corrected chi connectivity index (χ4v) is 4.33. The molecular weight excluding hydrogens is 450 g/mol. The molecular formula is C23H30ClN3O4S. The number of benzene rings is 2. The van der Waals surface area contributed by atoms with E-state index in [2.05, 4.69) is 5.32 Å². The minimum Gasteiger partial charge on any atom is -0.357 e. The summed E-state index contributed by atoms with van der Waals surface area (Å²) in [7, 11) is -2.24. The van der Waals surface area contributed by atoms with Gasteiger partial charge < -0.3 is 10.2 Å². The third-order valence-electron chi connectivity index (χ3n) is 5.36. The van der Waals surface area contributed by atoms with Gasteiger partial charge >= 0.3 is 0 Å². The van der Waals surface area contributed by atoms with E-state index in [1.165, 1.54) is 11.9 Å². The zero-order valence-electron chi connectivity index (χ0n) is 19.1. The molecule has 0 saturated heterocycles. The Kier molecular flexibility index (Phi) is 8.69. The van der Waals surface area contributed by atoms with Crippen molar-refractivity contribution >= 4 is 39.1 Å². The Hall–Kier alpha value is -2.58. The number of amides is 2. The summed E-state index contributed by atoms with van der Waals surface area (Å²) in [5.41, 5.74) is 3.12. The van der Waals surface area contributed by atoms with E-state index >= 15 is 0 Å². The predicted molar refractivity (Wildman–Crippen MR) is 128 cm³/mol. The van der Waals surface area contributed by atoms with Gasteiger partial charge in [-0.25, -0.2) is 8.42 Å². The number of halogens is 1. The zero-order valence-corrected chi connectivity index (χ0v) is 20.6. The molecule has 0 aliphatic rings. The van der Waals surface area contributed by atoms with E-state index in [1.807, 2.05) is 19.9 Å². The Morgan fingerprint density at radius 3 is 2.19 bits per heavy atom. The number of nitrogens with zero attached hydrogens (tertiary/aromatic N) is 2. The van der Waals surface area contributed by atoms with Crippen LogP contribution in [0.1, 0.15) is 30.0 Å². The van der Waals surface area contributed by atoms with Gasteiger partial charge in [-0.3, -0.25) is 13.9 Å². The summed E-state index contributed by atoms with van der Waals surface area (Å²) in [6.07, 6.45) is 1.44.